The molecule has 1 atom stereocenters. The molecule has 0 aliphatic carbocycles. The number of carbonyl (C=O) groups excluding carboxylic acids is 1. The van der Waals surface area contributed by atoms with Crippen LogP contribution in [0.5, 0.6) is 5.75 Å². The summed E-state index contributed by atoms with van der Waals surface area (Å²) in [5.74, 6) is 1.71. The van der Waals surface area contributed by atoms with Gasteiger partial charge in [-0.05, 0) is 38.0 Å². The molecule has 0 spiro atoms. The van der Waals surface area contributed by atoms with Crippen molar-refractivity contribution in [1.82, 2.24) is 14.8 Å². The number of rotatable bonds is 8. The van der Waals surface area contributed by atoms with Gasteiger partial charge in [0.1, 0.15) is 11.8 Å². The molecule has 2 aromatic rings. The maximum Gasteiger partial charge on any atom is 0.248 e. The zero-order chi connectivity index (χ0) is 20.3. The van der Waals surface area contributed by atoms with Crippen LogP contribution in [0.4, 0.5) is 5.95 Å². The number of nitrogens with two attached hydrogens (primary N) is 1. The summed E-state index contributed by atoms with van der Waals surface area (Å²) >= 11 is 5.11. The fourth-order valence-corrected chi connectivity index (χ4v) is 4.13. The average molecular weight is 466 g/mol. The van der Waals surface area contributed by atoms with Crippen molar-refractivity contribution in [2.45, 2.75) is 44.8 Å². The SMILES string of the molecule is CCCOc1ccc(Br)cc1C1C(C(N)=O)=C(C)Nc2nc(SCCC)nn21. The molecule has 1 amide bonds. The highest BCUT2D eigenvalue weighted by Gasteiger charge is 2.35. The van der Waals surface area contributed by atoms with Crippen LogP contribution in [-0.2, 0) is 4.79 Å². The number of allylic oxidation sites excluding steroid dienone is 1. The topological polar surface area (TPSA) is 95.1 Å². The van der Waals surface area contributed by atoms with E-state index >= 15 is 0 Å². The summed E-state index contributed by atoms with van der Waals surface area (Å²) in [4.78, 5) is 16.9. The first-order chi connectivity index (χ1) is 13.5. The number of amides is 1. The van der Waals surface area contributed by atoms with E-state index in [1.165, 1.54) is 0 Å². The number of nitrogens with one attached hydrogen (secondary N) is 1. The van der Waals surface area contributed by atoms with Crippen molar-refractivity contribution in [3.63, 3.8) is 0 Å². The molecular weight excluding hydrogens is 442 g/mol. The molecular formula is C19H24BrN5O2S. The van der Waals surface area contributed by atoms with Crippen molar-refractivity contribution in [3.8, 4) is 5.75 Å². The second kappa shape index (κ2) is 9.00. The van der Waals surface area contributed by atoms with Crippen molar-refractivity contribution in [3.05, 3.63) is 39.5 Å². The third kappa shape index (κ3) is 4.20. The van der Waals surface area contributed by atoms with Crippen LogP contribution in [0, 0.1) is 0 Å². The summed E-state index contributed by atoms with van der Waals surface area (Å²) in [5.41, 5.74) is 7.70. The molecule has 0 saturated carbocycles. The maximum atomic E-state index is 12.4. The lowest BCUT2D eigenvalue weighted by molar-refractivity contribution is -0.115. The number of anilines is 1. The molecule has 1 aromatic carbocycles. The van der Waals surface area contributed by atoms with Crippen LogP contribution in [-0.4, -0.2) is 33.0 Å². The van der Waals surface area contributed by atoms with Crippen LogP contribution in [0.3, 0.4) is 0 Å². The van der Waals surface area contributed by atoms with E-state index in [4.69, 9.17) is 10.5 Å². The van der Waals surface area contributed by atoms with E-state index in [1.54, 1.807) is 16.4 Å². The van der Waals surface area contributed by atoms with Gasteiger partial charge in [0.05, 0.1) is 12.2 Å². The molecule has 3 rings (SSSR count). The van der Waals surface area contributed by atoms with Gasteiger partial charge in [0.2, 0.25) is 17.0 Å². The molecule has 7 nitrogen and oxygen atoms in total. The number of hydrogen-bond acceptors (Lipinski definition) is 6. The van der Waals surface area contributed by atoms with Gasteiger partial charge < -0.3 is 15.8 Å². The number of carbonyl (C=O) groups is 1. The molecule has 150 valence electrons. The van der Waals surface area contributed by atoms with Crippen LogP contribution in [0.2, 0.25) is 0 Å². The van der Waals surface area contributed by atoms with Crippen LogP contribution in [0.1, 0.15) is 45.2 Å². The Balaban J connectivity index is 2.15. The molecule has 0 radical (unpaired) electrons. The van der Waals surface area contributed by atoms with E-state index in [0.29, 0.717) is 34.7 Å². The van der Waals surface area contributed by atoms with Gasteiger partial charge in [-0.3, -0.25) is 4.79 Å². The minimum Gasteiger partial charge on any atom is -0.493 e. The van der Waals surface area contributed by atoms with Crippen molar-refractivity contribution < 1.29 is 9.53 Å². The molecule has 1 aliphatic rings. The second-order valence-electron chi connectivity index (χ2n) is 6.47. The van der Waals surface area contributed by atoms with Gasteiger partial charge in [0.25, 0.3) is 0 Å². The molecule has 3 N–H and O–H groups in total. The quantitative estimate of drug-likeness (QED) is 0.569. The Labute approximate surface area is 177 Å². The molecule has 0 saturated heterocycles. The Morgan fingerprint density at radius 2 is 2.18 bits per heavy atom. The Morgan fingerprint density at radius 1 is 1.39 bits per heavy atom. The smallest absolute Gasteiger partial charge is 0.248 e. The van der Waals surface area contributed by atoms with E-state index in [9.17, 15) is 4.79 Å². The van der Waals surface area contributed by atoms with Gasteiger partial charge in [-0.2, -0.15) is 4.98 Å². The number of primary amides is 1. The van der Waals surface area contributed by atoms with Crippen LogP contribution in [0.25, 0.3) is 0 Å². The van der Waals surface area contributed by atoms with E-state index in [-0.39, 0.29) is 0 Å². The number of nitrogens with zero attached hydrogens (tertiary/aromatic N) is 3. The number of benzene rings is 1. The van der Waals surface area contributed by atoms with E-state index in [2.05, 4.69) is 45.2 Å². The molecule has 9 heteroatoms. The number of aromatic nitrogens is 3. The summed E-state index contributed by atoms with van der Waals surface area (Å²) in [6, 6.07) is 5.25. The number of halogens is 1. The lowest BCUT2D eigenvalue weighted by atomic mass is 9.94. The fraction of sp³-hybridized carbons (Fsp3) is 0.421. The summed E-state index contributed by atoms with van der Waals surface area (Å²) in [5, 5.41) is 8.49. The molecule has 1 unspecified atom stereocenters. The second-order valence-corrected chi connectivity index (χ2v) is 8.45. The molecule has 0 bridgehead atoms. The third-order valence-corrected chi connectivity index (χ3v) is 5.80. The lowest BCUT2D eigenvalue weighted by Gasteiger charge is -2.29. The predicted molar refractivity (Wildman–Crippen MR) is 115 cm³/mol. The van der Waals surface area contributed by atoms with Gasteiger partial charge in [-0.15, -0.1) is 5.10 Å². The van der Waals surface area contributed by atoms with Crippen molar-refractivity contribution >= 4 is 39.5 Å². The van der Waals surface area contributed by atoms with Gasteiger partial charge >= 0.3 is 0 Å². The van der Waals surface area contributed by atoms with E-state index < -0.39 is 11.9 Å². The van der Waals surface area contributed by atoms with Gasteiger partial charge in [0.15, 0.2) is 0 Å². The molecule has 1 aromatic heterocycles. The normalized spacial score (nSPS) is 15.9. The lowest BCUT2D eigenvalue weighted by Crippen LogP contribution is -2.32. The first-order valence-electron chi connectivity index (χ1n) is 9.25. The monoisotopic (exact) mass is 465 g/mol. The van der Waals surface area contributed by atoms with Crippen molar-refractivity contribution in [1.29, 1.82) is 0 Å². The van der Waals surface area contributed by atoms with Gasteiger partial charge in [0, 0.05) is 21.5 Å². The molecule has 0 fully saturated rings. The van der Waals surface area contributed by atoms with Crippen molar-refractivity contribution in [2.24, 2.45) is 5.73 Å². The Morgan fingerprint density at radius 3 is 2.86 bits per heavy atom. The van der Waals surface area contributed by atoms with E-state index in [0.717, 1.165) is 28.6 Å². The van der Waals surface area contributed by atoms with Gasteiger partial charge in [-0.25, -0.2) is 4.68 Å². The number of hydrogen-bond donors (Lipinski definition) is 2. The largest absolute Gasteiger partial charge is 0.493 e. The zero-order valence-corrected chi connectivity index (χ0v) is 18.6. The minimum absolute atomic E-state index is 0.448. The summed E-state index contributed by atoms with van der Waals surface area (Å²) in [6.07, 6.45) is 1.90. The minimum atomic E-state index is -0.512. The Bertz CT molecular complexity index is 912. The Kier molecular flexibility index (Phi) is 6.66. The zero-order valence-electron chi connectivity index (χ0n) is 16.2. The third-order valence-electron chi connectivity index (χ3n) is 4.26. The summed E-state index contributed by atoms with van der Waals surface area (Å²) < 4.78 is 8.57. The number of ether oxygens (including phenoxy) is 1. The molecule has 28 heavy (non-hydrogen) atoms. The van der Waals surface area contributed by atoms with Crippen molar-refractivity contribution in [2.75, 3.05) is 17.7 Å². The van der Waals surface area contributed by atoms with E-state index in [1.807, 2.05) is 25.1 Å². The van der Waals surface area contributed by atoms with Crippen LogP contribution < -0.4 is 15.8 Å². The van der Waals surface area contributed by atoms with Crippen LogP contribution in [0.15, 0.2) is 39.1 Å². The molecule has 2 heterocycles. The first-order valence-corrected chi connectivity index (χ1v) is 11.0. The summed E-state index contributed by atoms with van der Waals surface area (Å²) in [7, 11) is 0. The number of thioether (sulfide) groups is 1. The highest BCUT2D eigenvalue weighted by molar-refractivity contribution is 9.10. The first kappa shape index (κ1) is 20.7. The summed E-state index contributed by atoms with van der Waals surface area (Å²) in [6.45, 7) is 6.57. The standard InChI is InChI=1S/C19H24BrN5O2S/c1-4-8-27-14-7-6-12(20)10-13(14)16-15(17(21)26)11(3)22-18-23-19(24-25(16)18)28-9-5-2/h6-7,10,16H,4-5,8-9H2,1-3H3,(H2,21,26)(H,22,23,24). The average Bonchev–Trinajstić information content (AvgIpc) is 3.06. The fourth-order valence-electron chi connectivity index (χ4n) is 3.07. The van der Waals surface area contributed by atoms with Gasteiger partial charge in [-0.1, -0.05) is 41.5 Å². The Hall–Kier alpha value is -2.00. The highest BCUT2D eigenvalue weighted by atomic mass is 79.9. The van der Waals surface area contributed by atoms with Crippen LogP contribution >= 0.6 is 27.7 Å². The number of fused-ring (bicyclic) bond motifs is 1. The predicted octanol–water partition coefficient (Wildman–Crippen LogP) is 4.11. The maximum absolute atomic E-state index is 12.4. The highest BCUT2D eigenvalue weighted by Crippen LogP contribution is 2.40. The molecule has 1 aliphatic heterocycles.